The minimum Gasteiger partial charge on any atom is -0.492 e. The third-order valence-electron chi connectivity index (χ3n) is 4.94. The molecule has 6 nitrogen and oxygen atoms in total. The zero-order valence-corrected chi connectivity index (χ0v) is 18.0. The Kier molecular flexibility index (Phi) is 5.91. The molecule has 2 aromatic heterocycles. The van der Waals surface area contributed by atoms with E-state index in [1.807, 2.05) is 25.1 Å². The van der Waals surface area contributed by atoms with E-state index in [0.717, 1.165) is 29.5 Å². The van der Waals surface area contributed by atoms with Gasteiger partial charge in [-0.25, -0.2) is 4.98 Å². The number of aryl methyl sites for hydroxylation is 1. The SMILES string of the molecule is CCOc1ccccc1NC(=O)CSc1nc2sc3c(c2c(=O)[nH]1)CCC(C)C3. The van der Waals surface area contributed by atoms with E-state index in [9.17, 15) is 9.59 Å². The number of nitrogens with zero attached hydrogens (tertiary/aromatic N) is 1. The first-order chi connectivity index (χ1) is 14.0. The Morgan fingerprint density at radius 3 is 3.07 bits per heavy atom. The number of hydrogen-bond donors (Lipinski definition) is 2. The molecule has 0 fully saturated rings. The molecule has 0 bridgehead atoms. The molecule has 1 atom stereocenters. The van der Waals surface area contributed by atoms with E-state index in [4.69, 9.17) is 4.74 Å². The van der Waals surface area contributed by atoms with Gasteiger partial charge in [-0.05, 0) is 49.8 Å². The number of ether oxygens (including phenoxy) is 1. The third-order valence-corrected chi connectivity index (χ3v) is 6.97. The van der Waals surface area contributed by atoms with Crippen molar-refractivity contribution < 1.29 is 9.53 Å². The van der Waals surface area contributed by atoms with Gasteiger partial charge in [0, 0.05) is 4.88 Å². The van der Waals surface area contributed by atoms with Crippen LogP contribution in [0.5, 0.6) is 5.75 Å². The number of hydrogen-bond acceptors (Lipinski definition) is 6. The van der Waals surface area contributed by atoms with E-state index in [1.165, 1.54) is 22.2 Å². The standard InChI is InChI=1S/C21H23N3O3S2/c1-3-27-15-7-5-4-6-14(15)22-17(25)11-28-21-23-19(26)18-13-9-8-12(2)10-16(13)29-20(18)24-21/h4-7,12H,3,8-11H2,1-2H3,(H,22,25)(H,23,24,26). The summed E-state index contributed by atoms with van der Waals surface area (Å²) < 4.78 is 5.53. The Morgan fingerprint density at radius 1 is 1.41 bits per heavy atom. The van der Waals surface area contributed by atoms with Crippen LogP contribution in [-0.4, -0.2) is 28.2 Å². The van der Waals surface area contributed by atoms with Crippen molar-refractivity contribution in [2.45, 2.75) is 38.3 Å². The Balaban J connectivity index is 1.47. The molecule has 1 unspecified atom stereocenters. The molecule has 2 heterocycles. The molecule has 8 heteroatoms. The van der Waals surface area contributed by atoms with Crippen molar-refractivity contribution in [3.8, 4) is 5.75 Å². The van der Waals surface area contributed by atoms with E-state index in [2.05, 4.69) is 22.2 Å². The topological polar surface area (TPSA) is 84.1 Å². The van der Waals surface area contributed by atoms with Crippen LogP contribution >= 0.6 is 23.1 Å². The minimum absolute atomic E-state index is 0.105. The van der Waals surface area contributed by atoms with Crippen LogP contribution in [0.2, 0.25) is 0 Å². The number of fused-ring (bicyclic) bond motifs is 3. The molecule has 1 aliphatic carbocycles. The van der Waals surface area contributed by atoms with Crippen molar-refractivity contribution in [1.29, 1.82) is 0 Å². The average molecular weight is 430 g/mol. The maximum Gasteiger partial charge on any atom is 0.260 e. The Hall–Kier alpha value is -2.32. The number of rotatable bonds is 6. The summed E-state index contributed by atoms with van der Waals surface area (Å²) in [7, 11) is 0. The van der Waals surface area contributed by atoms with Gasteiger partial charge in [0.2, 0.25) is 5.91 Å². The molecular weight excluding hydrogens is 406 g/mol. The first-order valence-corrected chi connectivity index (χ1v) is 11.5. The van der Waals surface area contributed by atoms with Crippen molar-refractivity contribution in [2.24, 2.45) is 5.92 Å². The van der Waals surface area contributed by atoms with Gasteiger partial charge in [-0.2, -0.15) is 0 Å². The Morgan fingerprint density at radius 2 is 2.24 bits per heavy atom. The van der Waals surface area contributed by atoms with Crippen LogP contribution < -0.4 is 15.6 Å². The number of H-pyrrole nitrogens is 1. The maximum atomic E-state index is 12.6. The second kappa shape index (κ2) is 8.59. The number of amides is 1. The van der Waals surface area contributed by atoms with Crippen LogP contribution in [0.4, 0.5) is 5.69 Å². The predicted octanol–water partition coefficient (Wildman–Crippen LogP) is 4.24. The average Bonchev–Trinajstić information content (AvgIpc) is 3.06. The van der Waals surface area contributed by atoms with Gasteiger partial charge in [-0.1, -0.05) is 30.8 Å². The lowest BCUT2D eigenvalue weighted by molar-refractivity contribution is -0.113. The lowest BCUT2D eigenvalue weighted by atomic mass is 9.89. The fourth-order valence-corrected chi connectivity index (χ4v) is 5.67. The number of thiophene rings is 1. The minimum atomic E-state index is -0.177. The van der Waals surface area contributed by atoms with Gasteiger partial charge >= 0.3 is 0 Å². The number of benzene rings is 1. The van der Waals surface area contributed by atoms with Crippen molar-refractivity contribution >= 4 is 44.9 Å². The Labute approximate surface area is 177 Å². The summed E-state index contributed by atoms with van der Waals surface area (Å²) in [4.78, 5) is 34.5. The molecule has 2 N–H and O–H groups in total. The first kappa shape index (κ1) is 20.0. The molecule has 29 heavy (non-hydrogen) atoms. The number of nitrogens with one attached hydrogen (secondary N) is 2. The molecule has 1 aromatic carbocycles. The van der Waals surface area contributed by atoms with Crippen molar-refractivity contribution in [2.75, 3.05) is 17.7 Å². The number of anilines is 1. The van der Waals surface area contributed by atoms with Gasteiger partial charge in [0.25, 0.3) is 5.56 Å². The summed E-state index contributed by atoms with van der Waals surface area (Å²) in [6.07, 6.45) is 3.06. The number of thioether (sulfide) groups is 1. The second-order valence-corrected chi connectivity index (χ2v) is 9.22. The van der Waals surface area contributed by atoms with Crippen molar-refractivity contribution in [3.63, 3.8) is 0 Å². The highest BCUT2D eigenvalue weighted by Gasteiger charge is 2.23. The summed E-state index contributed by atoms with van der Waals surface area (Å²) >= 11 is 2.84. The highest BCUT2D eigenvalue weighted by Crippen LogP contribution is 2.36. The zero-order valence-electron chi connectivity index (χ0n) is 16.4. The van der Waals surface area contributed by atoms with Gasteiger partial charge in [0.1, 0.15) is 10.6 Å². The summed E-state index contributed by atoms with van der Waals surface area (Å²) in [6, 6.07) is 7.33. The first-order valence-electron chi connectivity index (χ1n) is 9.74. The monoisotopic (exact) mass is 429 g/mol. The number of para-hydroxylation sites is 2. The fourth-order valence-electron chi connectivity index (χ4n) is 3.57. The van der Waals surface area contributed by atoms with Gasteiger partial charge in [-0.3, -0.25) is 9.59 Å². The summed E-state index contributed by atoms with van der Waals surface area (Å²) in [6.45, 7) is 4.67. The van der Waals surface area contributed by atoms with Crippen LogP contribution in [-0.2, 0) is 17.6 Å². The molecule has 3 aromatic rings. The normalized spacial score (nSPS) is 15.9. The molecule has 0 radical (unpaired) electrons. The summed E-state index contributed by atoms with van der Waals surface area (Å²) in [5.74, 6) is 1.26. The zero-order chi connectivity index (χ0) is 20.4. The maximum absolute atomic E-state index is 12.6. The Bertz CT molecular complexity index is 1110. The van der Waals surface area contributed by atoms with Crippen LogP contribution in [0, 0.1) is 5.92 Å². The highest BCUT2D eigenvalue weighted by atomic mass is 32.2. The lowest BCUT2D eigenvalue weighted by Gasteiger charge is -2.17. The molecule has 0 saturated heterocycles. The fraction of sp³-hybridized carbons (Fsp3) is 0.381. The number of carbonyl (C=O) groups is 1. The van der Waals surface area contributed by atoms with Gasteiger partial charge in [0.05, 0.1) is 23.4 Å². The largest absolute Gasteiger partial charge is 0.492 e. The highest BCUT2D eigenvalue weighted by molar-refractivity contribution is 7.99. The van der Waals surface area contributed by atoms with Crippen LogP contribution in [0.25, 0.3) is 10.2 Å². The van der Waals surface area contributed by atoms with E-state index >= 15 is 0 Å². The van der Waals surface area contributed by atoms with E-state index in [-0.39, 0.29) is 17.2 Å². The number of aromatic amines is 1. The third kappa shape index (κ3) is 4.33. The van der Waals surface area contributed by atoms with E-state index in [0.29, 0.717) is 29.1 Å². The van der Waals surface area contributed by atoms with E-state index < -0.39 is 0 Å². The molecule has 0 aliphatic heterocycles. The number of carbonyl (C=O) groups excluding carboxylic acids is 1. The second-order valence-electron chi connectivity index (χ2n) is 7.17. The molecule has 1 amide bonds. The molecule has 1 aliphatic rings. The van der Waals surface area contributed by atoms with Crippen LogP contribution in [0.15, 0.2) is 34.2 Å². The van der Waals surface area contributed by atoms with Crippen LogP contribution in [0.3, 0.4) is 0 Å². The van der Waals surface area contributed by atoms with Crippen molar-refractivity contribution in [1.82, 2.24) is 9.97 Å². The molecule has 152 valence electrons. The quantitative estimate of drug-likeness (QED) is 0.452. The van der Waals surface area contributed by atoms with Gasteiger partial charge < -0.3 is 15.0 Å². The van der Waals surface area contributed by atoms with Gasteiger partial charge in [0.15, 0.2) is 5.16 Å². The molecule has 4 rings (SSSR count). The lowest BCUT2D eigenvalue weighted by Crippen LogP contribution is -2.16. The van der Waals surface area contributed by atoms with Crippen LogP contribution in [0.1, 0.15) is 30.7 Å². The van der Waals surface area contributed by atoms with E-state index in [1.54, 1.807) is 17.4 Å². The molecule has 0 saturated carbocycles. The molecular formula is C21H23N3O3S2. The molecule has 0 spiro atoms. The smallest absolute Gasteiger partial charge is 0.260 e. The van der Waals surface area contributed by atoms with Crippen molar-refractivity contribution in [3.05, 3.63) is 45.1 Å². The summed E-state index contributed by atoms with van der Waals surface area (Å²) in [5, 5.41) is 4.07. The van der Waals surface area contributed by atoms with Gasteiger partial charge in [-0.15, -0.1) is 11.3 Å². The number of aromatic nitrogens is 2. The predicted molar refractivity (Wildman–Crippen MR) is 118 cm³/mol. The summed E-state index contributed by atoms with van der Waals surface area (Å²) in [5.41, 5.74) is 1.70.